The molecule has 0 amide bonds. The summed E-state index contributed by atoms with van der Waals surface area (Å²) in [6.45, 7) is 4.94. The molecule has 0 spiro atoms. The number of anilines is 2. The molecule has 2 unspecified atom stereocenters. The van der Waals surface area contributed by atoms with E-state index >= 15 is 0 Å². The van der Waals surface area contributed by atoms with Gasteiger partial charge in [-0.05, 0) is 72.8 Å². The highest BCUT2D eigenvalue weighted by atomic mass is 16.1. The molecule has 0 aromatic carbocycles. The third-order valence-corrected chi connectivity index (χ3v) is 7.30. The average Bonchev–Trinajstić information content (AvgIpc) is 3.15. The second-order valence-corrected chi connectivity index (χ2v) is 9.57. The fourth-order valence-electron chi connectivity index (χ4n) is 5.28. The Morgan fingerprint density at radius 3 is 2.91 bits per heavy atom. The number of aryl methyl sites for hydroxylation is 2. The van der Waals surface area contributed by atoms with E-state index in [-0.39, 0.29) is 11.7 Å². The quantitative estimate of drug-likeness (QED) is 0.601. The molecule has 2 fully saturated rings. The van der Waals surface area contributed by atoms with Crippen molar-refractivity contribution in [2.24, 2.45) is 11.8 Å². The van der Waals surface area contributed by atoms with Gasteiger partial charge in [0, 0.05) is 31.4 Å². The first-order valence-corrected chi connectivity index (χ1v) is 11.4. The Labute approximate surface area is 186 Å². The molecule has 0 radical (unpaired) electrons. The molecule has 3 aromatic rings. The summed E-state index contributed by atoms with van der Waals surface area (Å²) in [4.78, 5) is 24.3. The topological polar surface area (TPSA) is 103 Å². The number of rotatable bonds is 6. The molecule has 164 valence electrons. The van der Waals surface area contributed by atoms with Gasteiger partial charge >= 0.3 is 0 Å². The number of fused-ring (bicyclic) bond motifs is 2. The number of ketones is 1. The number of nitrogen functional groups attached to an aromatic ring is 1. The minimum Gasteiger partial charge on any atom is -0.384 e. The highest BCUT2D eigenvalue weighted by Gasteiger charge is 2.45. The lowest BCUT2D eigenvalue weighted by molar-refractivity contribution is 0.0968. The standard InChI is InChI=1S/C24H27N7O/c1-14-6-24(30-10-16-7-17(16)11-30)26-9-18(14)12-31-13-21(28-29-31)22(32)8-15-2-4-20-19(15)3-5-23(25)27-20/h3,5-6,9,13,15-17H,2,4,7-8,10-12H2,1H3,(H2,25,27)/t15-,16?,17?/m0/s1. The van der Waals surface area contributed by atoms with Crippen LogP contribution in [0.4, 0.5) is 11.6 Å². The second-order valence-electron chi connectivity index (χ2n) is 9.57. The Hall–Kier alpha value is -3.29. The molecule has 8 nitrogen and oxygen atoms in total. The summed E-state index contributed by atoms with van der Waals surface area (Å²) in [6, 6.07) is 5.98. The van der Waals surface area contributed by atoms with E-state index in [9.17, 15) is 4.79 Å². The van der Waals surface area contributed by atoms with E-state index in [2.05, 4.69) is 33.2 Å². The zero-order valence-corrected chi connectivity index (χ0v) is 18.2. The molecule has 3 aromatic heterocycles. The maximum Gasteiger partial charge on any atom is 0.185 e. The average molecular weight is 430 g/mol. The van der Waals surface area contributed by atoms with E-state index in [0.717, 1.165) is 60.4 Å². The number of aromatic nitrogens is 5. The molecule has 4 heterocycles. The van der Waals surface area contributed by atoms with Crippen molar-refractivity contribution in [3.8, 4) is 0 Å². The Morgan fingerprint density at radius 1 is 1.25 bits per heavy atom. The van der Waals surface area contributed by atoms with Crippen molar-refractivity contribution in [1.29, 1.82) is 0 Å². The summed E-state index contributed by atoms with van der Waals surface area (Å²) in [5.41, 5.74) is 10.6. The maximum atomic E-state index is 12.9. The van der Waals surface area contributed by atoms with Gasteiger partial charge in [0.15, 0.2) is 5.78 Å². The lowest BCUT2D eigenvalue weighted by Gasteiger charge is -2.20. The van der Waals surface area contributed by atoms with Crippen LogP contribution in [-0.4, -0.2) is 43.8 Å². The van der Waals surface area contributed by atoms with Crippen LogP contribution in [0.3, 0.4) is 0 Å². The van der Waals surface area contributed by atoms with E-state index in [0.29, 0.717) is 24.5 Å². The van der Waals surface area contributed by atoms with Crippen molar-refractivity contribution in [1.82, 2.24) is 25.0 Å². The summed E-state index contributed by atoms with van der Waals surface area (Å²) in [6.07, 6.45) is 7.28. The summed E-state index contributed by atoms with van der Waals surface area (Å²) < 4.78 is 1.73. The van der Waals surface area contributed by atoms with Crippen LogP contribution in [0, 0.1) is 18.8 Å². The summed E-state index contributed by atoms with van der Waals surface area (Å²) in [5, 5.41) is 8.35. The highest BCUT2D eigenvalue weighted by Crippen LogP contribution is 2.46. The lowest BCUT2D eigenvalue weighted by Crippen LogP contribution is -2.23. The predicted octanol–water partition coefficient (Wildman–Crippen LogP) is 2.77. The number of pyridine rings is 2. The third kappa shape index (κ3) is 3.53. The molecule has 1 saturated heterocycles. The van der Waals surface area contributed by atoms with Gasteiger partial charge in [0.2, 0.25) is 0 Å². The van der Waals surface area contributed by atoms with Crippen LogP contribution < -0.4 is 10.6 Å². The maximum absolute atomic E-state index is 12.9. The summed E-state index contributed by atoms with van der Waals surface area (Å²) >= 11 is 0. The van der Waals surface area contributed by atoms with Gasteiger partial charge in [0.25, 0.3) is 0 Å². The predicted molar refractivity (Wildman–Crippen MR) is 121 cm³/mol. The minimum atomic E-state index is 0.0173. The van der Waals surface area contributed by atoms with Crippen LogP contribution in [-0.2, 0) is 13.0 Å². The van der Waals surface area contributed by atoms with Gasteiger partial charge in [0.05, 0.1) is 12.7 Å². The first-order chi connectivity index (χ1) is 15.5. The van der Waals surface area contributed by atoms with Crippen LogP contribution >= 0.6 is 0 Å². The van der Waals surface area contributed by atoms with Crippen LogP contribution in [0.1, 0.15) is 58.1 Å². The largest absolute Gasteiger partial charge is 0.384 e. The molecule has 1 saturated carbocycles. The van der Waals surface area contributed by atoms with Gasteiger partial charge in [-0.25, -0.2) is 14.6 Å². The molecule has 0 bridgehead atoms. The number of nitrogens with two attached hydrogens (primary N) is 1. The normalized spacial score (nSPS) is 23.3. The van der Waals surface area contributed by atoms with Crippen molar-refractivity contribution in [2.45, 2.75) is 45.1 Å². The van der Waals surface area contributed by atoms with Gasteiger partial charge < -0.3 is 10.6 Å². The van der Waals surface area contributed by atoms with Gasteiger partial charge in [-0.15, -0.1) is 5.10 Å². The first kappa shape index (κ1) is 19.4. The zero-order chi connectivity index (χ0) is 21.8. The van der Waals surface area contributed by atoms with E-state index in [1.54, 1.807) is 10.9 Å². The van der Waals surface area contributed by atoms with Crippen LogP contribution in [0.5, 0.6) is 0 Å². The van der Waals surface area contributed by atoms with Gasteiger partial charge in [-0.2, -0.15) is 0 Å². The van der Waals surface area contributed by atoms with E-state index in [1.807, 2.05) is 18.3 Å². The second kappa shape index (κ2) is 7.39. The number of carbonyl (C=O) groups excluding carboxylic acids is 1. The van der Waals surface area contributed by atoms with E-state index in [1.165, 1.54) is 12.0 Å². The number of hydrogen-bond acceptors (Lipinski definition) is 7. The molecule has 8 heteroatoms. The Balaban J connectivity index is 1.11. The SMILES string of the molecule is Cc1cc(N2CC3CC3C2)ncc1Cn1cc(C(=O)C[C@@H]2CCc3nc(N)ccc32)nn1. The smallest absolute Gasteiger partial charge is 0.185 e. The summed E-state index contributed by atoms with van der Waals surface area (Å²) in [5.74, 6) is 3.56. The Morgan fingerprint density at radius 2 is 2.09 bits per heavy atom. The molecule has 32 heavy (non-hydrogen) atoms. The number of piperidine rings is 1. The number of hydrogen-bond donors (Lipinski definition) is 1. The van der Waals surface area contributed by atoms with Crippen molar-refractivity contribution >= 4 is 17.4 Å². The monoisotopic (exact) mass is 429 g/mol. The lowest BCUT2D eigenvalue weighted by atomic mass is 9.95. The van der Waals surface area contributed by atoms with Gasteiger partial charge in [-0.3, -0.25) is 4.79 Å². The molecular weight excluding hydrogens is 402 g/mol. The Bertz CT molecular complexity index is 1190. The molecule has 3 aliphatic rings. The molecule has 3 atom stereocenters. The molecule has 2 N–H and O–H groups in total. The minimum absolute atomic E-state index is 0.0173. The van der Waals surface area contributed by atoms with Crippen molar-refractivity contribution < 1.29 is 4.79 Å². The van der Waals surface area contributed by atoms with E-state index in [4.69, 9.17) is 10.7 Å². The van der Waals surface area contributed by atoms with E-state index < -0.39 is 0 Å². The number of Topliss-reactive ketones (excluding diaryl/α,β-unsaturated/α-hetero) is 1. The molecule has 1 aliphatic heterocycles. The van der Waals surface area contributed by atoms with Gasteiger partial charge in [-0.1, -0.05) is 11.3 Å². The number of nitrogens with zero attached hydrogens (tertiary/aromatic N) is 6. The Kier molecular flexibility index (Phi) is 4.48. The van der Waals surface area contributed by atoms with Crippen LogP contribution in [0.2, 0.25) is 0 Å². The van der Waals surface area contributed by atoms with Gasteiger partial charge in [0.1, 0.15) is 17.3 Å². The fraction of sp³-hybridized carbons (Fsp3) is 0.458. The van der Waals surface area contributed by atoms with Crippen molar-refractivity contribution in [3.05, 3.63) is 58.7 Å². The summed E-state index contributed by atoms with van der Waals surface area (Å²) in [7, 11) is 0. The van der Waals surface area contributed by atoms with Crippen LogP contribution in [0.25, 0.3) is 0 Å². The first-order valence-electron chi connectivity index (χ1n) is 11.4. The third-order valence-electron chi connectivity index (χ3n) is 7.30. The van der Waals surface area contributed by atoms with Crippen LogP contribution in [0.15, 0.2) is 30.6 Å². The highest BCUT2D eigenvalue weighted by molar-refractivity contribution is 5.94. The fourth-order valence-corrected chi connectivity index (χ4v) is 5.28. The zero-order valence-electron chi connectivity index (χ0n) is 18.2. The molecule has 2 aliphatic carbocycles. The number of carbonyl (C=O) groups is 1. The molecule has 6 rings (SSSR count). The van der Waals surface area contributed by atoms with Crippen molar-refractivity contribution in [3.63, 3.8) is 0 Å². The van der Waals surface area contributed by atoms with Crippen molar-refractivity contribution in [2.75, 3.05) is 23.7 Å². The molecular formula is C24H27N7O.